The molecule has 1 amide bonds. The van der Waals surface area contributed by atoms with Crippen LogP contribution >= 0.6 is 23.4 Å². The van der Waals surface area contributed by atoms with Gasteiger partial charge in [-0.3, -0.25) is 9.89 Å². The van der Waals surface area contributed by atoms with Crippen LogP contribution in [0, 0.1) is 11.8 Å². The third-order valence-electron chi connectivity index (χ3n) is 5.30. The van der Waals surface area contributed by atoms with Gasteiger partial charge in [0.2, 0.25) is 11.1 Å². The van der Waals surface area contributed by atoms with Crippen molar-refractivity contribution in [3.63, 3.8) is 0 Å². The molecule has 2 aliphatic rings. The fourth-order valence-corrected chi connectivity index (χ4v) is 4.88. The van der Waals surface area contributed by atoms with Gasteiger partial charge in [-0.2, -0.15) is 0 Å². The van der Waals surface area contributed by atoms with Crippen LogP contribution < -0.4 is 10.1 Å². The molecule has 0 spiro atoms. The molecule has 4 rings (SSSR count). The molecule has 2 aromatic rings. The van der Waals surface area contributed by atoms with Gasteiger partial charge in [0.15, 0.2) is 5.82 Å². The van der Waals surface area contributed by atoms with Crippen LogP contribution in [0.15, 0.2) is 23.4 Å². The number of aromatic amines is 1. The first kappa shape index (κ1) is 17.7. The summed E-state index contributed by atoms with van der Waals surface area (Å²) in [6, 6.07) is 5.68. The van der Waals surface area contributed by atoms with Gasteiger partial charge in [-0.1, -0.05) is 29.8 Å². The molecular weight excluding hydrogens is 372 g/mol. The zero-order valence-electron chi connectivity index (χ0n) is 14.5. The van der Waals surface area contributed by atoms with Crippen molar-refractivity contribution in [3.8, 4) is 17.1 Å². The molecular formula is C18H21ClN4O2S. The summed E-state index contributed by atoms with van der Waals surface area (Å²) in [4.78, 5) is 16.7. The number of H-pyrrole nitrogens is 1. The van der Waals surface area contributed by atoms with Crippen molar-refractivity contribution in [3.05, 3.63) is 23.2 Å². The number of fused-ring (bicyclic) bond motifs is 2. The van der Waals surface area contributed by atoms with Crippen molar-refractivity contribution in [2.24, 2.45) is 11.8 Å². The first-order valence-corrected chi connectivity index (χ1v) is 10.2. The van der Waals surface area contributed by atoms with Crippen LogP contribution in [0.5, 0.6) is 5.75 Å². The van der Waals surface area contributed by atoms with Crippen molar-refractivity contribution in [2.45, 2.75) is 36.9 Å². The zero-order chi connectivity index (χ0) is 18.1. The normalized spacial score (nSPS) is 24.0. The van der Waals surface area contributed by atoms with Gasteiger partial charge in [-0.05, 0) is 49.3 Å². The summed E-state index contributed by atoms with van der Waals surface area (Å²) in [6.07, 6.45) is 5.01. The molecule has 138 valence electrons. The molecule has 3 unspecified atom stereocenters. The van der Waals surface area contributed by atoms with Crippen LogP contribution in [0.3, 0.4) is 0 Å². The number of hydrogen-bond acceptors (Lipinski definition) is 5. The van der Waals surface area contributed by atoms with E-state index in [-0.39, 0.29) is 5.91 Å². The number of amides is 1. The number of carbonyl (C=O) groups is 1. The SMILES string of the molecule is COc1ccc(Cl)cc1-c1nc(SCC(=O)NC2CC3CCC2C3)n[nH]1. The monoisotopic (exact) mass is 392 g/mol. The summed E-state index contributed by atoms with van der Waals surface area (Å²) < 4.78 is 5.34. The molecule has 6 nitrogen and oxygen atoms in total. The molecule has 8 heteroatoms. The minimum atomic E-state index is 0.0548. The minimum absolute atomic E-state index is 0.0548. The van der Waals surface area contributed by atoms with Gasteiger partial charge < -0.3 is 10.1 Å². The Labute approximate surface area is 161 Å². The molecule has 2 N–H and O–H groups in total. The number of hydrogen-bond donors (Lipinski definition) is 2. The maximum absolute atomic E-state index is 12.2. The highest BCUT2D eigenvalue weighted by Gasteiger charge is 2.40. The molecule has 3 atom stereocenters. The summed E-state index contributed by atoms with van der Waals surface area (Å²) in [5.74, 6) is 3.11. The molecule has 2 aliphatic carbocycles. The van der Waals surface area contributed by atoms with Crippen molar-refractivity contribution >= 4 is 29.3 Å². The number of aromatic nitrogens is 3. The lowest BCUT2D eigenvalue weighted by atomic mass is 9.95. The maximum Gasteiger partial charge on any atom is 0.230 e. The van der Waals surface area contributed by atoms with Gasteiger partial charge in [-0.15, -0.1) is 5.10 Å². The van der Waals surface area contributed by atoms with E-state index in [9.17, 15) is 4.79 Å². The van der Waals surface area contributed by atoms with Crippen molar-refractivity contribution in [1.29, 1.82) is 0 Å². The van der Waals surface area contributed by atoms with Gasteiger partial charge in [0, 0.05) is 11.1 Å². The average molecular weight is 393 g/mol. The van der Waals surface area contributed by atoms with Crippen LogP contribution in [-0.2, 0) is 4.79 Å². The Kier molecular flexibility index (Phi) is 5.09. The second-order valence-electron chi connectivity index (χ2n) is 6.95. The summed E-state index contributed by atoms with van der Waals surface area (Å²) in [7, 11) is 1.60. The lowest BCUT2D eigenvalue weighted by Crippen LogP contribution is -2.39. The van der Waals surface area contributed by atoms with E-state index >= 15 is 0 Å². The predicted octanol–water partition coefficient (Wildman–Crippen LogP) is 3.53. The second kappa shape index (κ2) is 7.48. The summed E-state index contributed by atoms with van der Waals surface area (Å²) >= 11 is 7.39. The smallest absolute Gasteiger partial charge is 0.230 e. The van der Waals surface area contributed by atoms with Gasteiger partial charge in [0.25, 0.3) is 0 Å². The number of nitrogens with zero attached hydrogens (tertiary/aromatic N) is 2. The Morgan fingerprint density at radius 3 is 3.04 bits per heavy atom. The van der Waals surface area contributed by atoms with Crippen LogP contribution in [0.25, 0.3) is 11.4 Å². The summed E-state index contributed by atoms with van der Waals surface area (Å²) in [5, 5.41) is 11.4. The molecule has 1 heterocycles. The van der Waals surface area contributed by atoms with E-state index in [2.05, 4.69) is 20.5 Å². The minimum Gasteiger partial charge on any atom is -0.496 e. The third kappa shape index (κ3) is 3.69. The largest absolute Gasteiger partial charge is 0.496 e. The van der Waals surface area contributed by atoms with E-state index in [0.717, 1.165) is 17.9 Å². The van der Waals surface area contributed by atoms with E-state index in [1.165, 1.54) is 31.0 Å². The average Bonchev–Trinajstić information content (AvgIpc) is 3.37. The number of methoxy groups -OCH3 is 1. The van der Waals surface area contributed by atoms with E-state index in [0.29, 0.717) is 39.5 Å². The lowest BCUT2D eigenvalue weighted by molar-refractivity contribution is -0.119. The second-order valence-corrected chi connectivity index (χ2v) is 8.33. The zero-order valence-corrected chi connectivity index (χ0v) is 16.1. The quantitative estimate of drug-likeness (QED) is 0.735. The fourth-order valence-electron chi connectivity index (χ4n) is 4.10. The Balaban J connectivity index is 1.35. The number of halogens is 1. The number of nitrogens with one attached hydrogen (secondary N) is 2. The van der Waals surface area contributed by atoms with E-state index < -0.39 is 0 Å². The number of rotatable bonds is 6. The van der Waals surface area contributed by atoms with Crippen LogP contribution in [0.1, 0.15) is 25.7 Å². The molecule has 1 aromatic carbocycles. The van der Waals surface area contributed by atoms with E-state index in [4.69, 9.17) is 16.3 Å². The van der Waals surface area contributed by atoms with Crippen molar-refractivity contribution in [2.75, 3.05) is 12.9 Å². The highest BCUT2D eigenvalue weighted by molar-refractivity contribution is 7.99. The number of thioether (sulfide) groups is 1. The van der Waals surface area contributed by atoms with E-state index in [1.807, 2.05) is 0 Å². The maximum atomic E-state index is 12.2. The van der Waals surface area contributed by atoms with Crippen molar-refractivity contribution < 1.29 is 9.53 Å². The van der Waals surface area contributed by atoms with Gasteiger partial charge >= 0.3 is 0 Å². The van der Waals surface area contributed by atoms with Gasteiger partial charge in [0.1, 0.15) is 5.75 Å². The highest BCUT2D eigenvalue weighted by Crippen LogP contribution is 2.44. The number of carbonyl (C=O) groups excluding carboxylic acids is 1. The van der Waals surface area contributed by atoms with Crippen LogP contribution in [-0.4, -0.2) is 40.0 Å². The summed E-state index contributed by atoms with van der Waals surface area (Å²) in [6.45, 7) is 0. The number of ether oxygens (including phenoxy) is 1. The Hall–Kier alpha value is -1.73. The standard InChI is InChI=1S/C18H21ClN4O2S/c1-25-15-5-4-12(19)8-13(15)17-21-18(23-22-17)26-9-16(24)20-14-7-10-2-3-11(14)6-10/h4-5,8,10-11,14H,2-3,6-7,9H2,1H3,(H,20,24)(H,21,22,23). The first-order valence-electron chi connectivity index (χ1n) is 8.81. The Bertz CT molecular complexity index is 812. The molecule has 0 radical (unpaired) electrons. The molecule has 2 saturated carbocycles. The fraction of sp³-hybridized carbons (Fsp3) is 0.500. The highest BCUT2D eigenvalue weighted by atomic mass is 35.5. The molecule has 2 fully saturated rings. The first-order chi connectivity index (χ1) is 12.6. The summed E-state index contributed by atoms with van der Waals surface area (Å²) in [5.41, 5.74) is 0.741. The third-order valence-corrected chi connectivity index (χ3v) is 6.38. The molecule has 2 bridgehead atoms. The van der Waals surface area contributed by atoms with Crippen LogP contribution in [0.4, 0.5) is 0 Å². The molecule has 1 aromatic heterocycles. The van der Waals surface area contributed by atoms with E-state index in [1.54, 1.807) is 25.3 Å². The molecule has 26 heavy (non-hydrogen) atoms. The lowest BCUT2D eigenvalue weighted by Gasteiger charge is -2.22. The molecule has 0 saturated heterocycles. The predicted molar refractivity (Wildman–Crippen MR) is 101 cm³/mol. The number of benzene rings is 1. The van der Waals surface area contributed by atoms with Crippen molar-refractivity contribution in [1.82, 2.24) is 20.5 Å². The molecule has 0 aliphatic heterocycles. The Morgan fingerprint density at radius 1 is 1.42 bits per heavy atom. The Morgan fingerprint density at radius 2 is 2.31 bits per heavy atom. The topological polar surface area (TPSA) is 79.9 Å². The van der Waals surface area contributed by atoms with Crippen LogP contribution in [0.2, 0.25) is 5.02 Å². The van der Waals surface area contributed by atoms with Gasteiger partial charge in [0.05, 0.1) is 18.4 Å². The van der Waals surface area contributed by atoms with Gasteiger partial charge in [-0.25, -0.2) is 4.98 Å².